The van der Waals surface area contributed by atoms with Crippen molar-refractivity contribution in [3.8, 4) is 0 Å². The molecule has 3 aliphatic heterocycles. The first-order valence-corrected chi connectivity index (χ1v) is 12.3. The molecule has 4 aliphatic rings. The second kappa shape index (κ2) is 8.60. The first kappa shape index (κ1) is 20.9. The third-order valence-electron chi connectivity index (χ3n) is 7.91. The molecule has 170 valence electrons. The van der Waals surface area contributed by atoms with Crippen LogP contribution in [-0.4, -0.2) is 31.1 Å². The predicted octanol–water partition coefficient (Wildman–Crippen LogP) is 5.64. The molecule has 0 aromatic heterocycles. The van der Waals surface area contributed by atoms with Crippen molar-refractivity contribution >= 4 is 5.69 Å². The van der Waals surface area contributed by atoms with Crippen LogP contribution in [0.5, 0.6) is 0 Å². The first-order chi connectivity index (χ1) is 16.2. The highest BCUT2D eigenvalue weighted by Crippen LogP contribution is 2.55. The molecule has 1 aliphatic carbocycles. The molecular formula is C29H32N2O2. The molecule has 33 heavy (non-hydrogen) atoms. The molecule has 7 rings (SSSR count). The van der Waals surface area contributed by atoms with Gasteiger partial charge in [-0.3, -0.25) is 4.90 Å². The lowest BCUT2D eigenvalue weighted by atomic mass is 9.69. The van der Waals surface area contributed by atoms with E-state index in [0.717, 1.165) is 58.4 Å². The number of hydrogen-bond donors (Lipinski definition) is 0. The number of anilines is 1. The summed E-state index contributed by atoms with van der Waals surface area (Å²) in [6.07, 6.45) is 4.01. The third-order valence-corrected chi connectivity index (χ3v) is 7.91. The molecule has 1 saturated carbocycles. The normalized spacial score (nSPS) is 27.6. The van der Waals surface area contributed by atoms with Crippen LogP contribution >= 0.6 is 0 Å². The number of para-hydroxylation sites is 1. The molecule has 3 aromatic carbocycles. The lowest BCUT2D eigenvalue weighted by Crippen LogP contribution is -2.50. The van der Waals surface area contributed by atoms with Crippen LogP contribution in [0.1, 0.15) is 42.4 Å². The Kier molecular flexibility index (Phi) is 5.45. The first-order valence-electron chi connectivity index (χ1n) is 12.3. The summed E-state index contributed by atoms with van der Waals surface area (Å²) >= 11 is 0. The molecule has 4 heteroatoms. The molecule has 4 nitrogen and oxygen atoms in total. The van der Waals surface area contributed by atoms with Gasteiger partial charge in [0.25, 0.3) is 0 Å². The quantitative estimate of drug-likeness (QED) is 0.480. The van der Waals surface area contributed by atoms with Crippen molar-refractivity contribution in [2.75, 3.05) is 31.1 Å². The highest BCUT2D eigenvalue weighted by atomic mass is 17.2. The molecule has 0 radical (unpaired) electrons. The number of piperazine rings is 1. The summed E-state index contributed by atoms with van der Waals surface area (Å²) in [6.45, 7) is 5.36. The van der Waals surface area contributed by atoms with E-state index in [4.69, 9.17) is 9.78 Å². The fourth-order valence-electron chi connectivity index (χ4n) is 5.77. The highest BCUT2D eigenvalue weighted by Gasteiger charge is 2.53. The van der Waals surface area contributed by atoms with Crippen LogP contribution in [0.3, 0.4) is 0 Å². The summed E-state index contributed by atoms with van der Waals surface area (Å²) in [4.78, 5) is 17.3. The fraction of sp³-hybridized carbons (Fsp3) is 0.379. The van der Waals surface area contributed by atoms with Crippen molar-refractivity contribution in [3.05, 3.63) is 102 Å². The number of benzene rings is 3. The molecular weight excluding hydrogens is 408 g/mol. The summed E-state index contributed by atoms with van der Waals surface area (Å²) in [5.74, 6) is 0. The van der Waals surface area contributed by atoms with E-state index < -0.39 is 0 Å². The lowest BCUT2D eigenvalue weighted by Gasteiger charge is -2.51. The van der Waals surface area contributed by atoms with Crippen LogP contribution in [0.2, 0.25) is 0 Å². The van der Waals surface area contributed by atoms with Gasteiger partial charge < -0.3 is 4.90 Å². The van der Waals surface area contributed by atoms with E-state index in [1.807, 2.05) is 0 Å². The summed E-state index contributed by atoms with van der Waals surface area (Å²) in [6, 6.07) is 30.4. The van der Waals surface area contributed by atoms with Crippen LogP contribution in [0, 0.1) is 0 Å². The maximum absolute atomic E-state index is 6.14. The second-order valence-corrected chi connectivity index (χ2v) is 9.82. The molecule has 0 atom stereocenters. The molecule has 0 N–H and O–H groups in total. The Morgan fingerprint density at radius 2 is 1.09 bits per heavy atom. The molecule has 3 heterocycles. The maximum Gasteiger partial charge on any atom is 0.129 e. The van der Waals surface area contributed by atoms with Crippen LogP contribution in [0.4, 0.5) is 5.69 Å². The van der Waals surface area contributed by atoms with Gasteiger partial charge in [-0.25, -0.2) is 9.78 Å². The number of rotatable bonds is 5. The fourth-order valence-corrected chi connectivity index (χ4v) is 5.77. The molecule has 0 amide bonds. The molecule has 3 saturated heterocycles. The van der Waals surface area contributed by atoms with Gasteiger partial charge in [-0.15, -0.1) is 0 Å². The van der Waals surface area contributed by atoms with Crippen molar-refractivity contribution in [3.63, 3.8) is 0 Å². The van der Waals surface area contributed by atoms with E-state index in [-0.39, 0.29) is 11.2 Å². The van der Waals surface area contributed by atoms with Crippen molar-refractivity contribution in [2.24, 2.45) is 0 Å². The van der Waals surface area contributed by atoms with Crippen molar-refractivity contribution < 1.29 is 9.78 Å². The standard InChI is InChI=1S/C29H32N2O2/c1-3-7-25(8-4-1)28-15-17-29(18-16-28,33-32-28)26-13-11-24(12-14-26)23-30-19-21-31(22-20-30)27-9-5-2-6-10-27/h1-14H,15-23H2. The van der Waals surface area contributed by atoms with Crippen molar-refractivity contribution in [1.29, 1.82) is 0 Å². The zero-order chi connectivity index (χ0) is 22.1. The van der Waals surface area contributed by atoms with Crippen LogP contribution in [0.15, 0.2) is 84.9 Å². The molecule has 2 bridgehead atoms. The van der Waals surface area contributed by atoms with E-state index in [1.54, 1.807) is 0 Å². The SMILES string of the molecule is c1ccc(N2CCN(Cc3ccc(C45CCC(c6ccccc6)(CC4)OO5)cc3)CC2)cc1. The van der Waals surface area contributed by atoms with Crippen molar-refractivity contribution in [1.82, 2.24) is 4.90 Å². The summed E-state index contributed by atoms with van der Waals surface area (Å²) in [5.41, 5.74) is 4.62. The van der Waals surface area contributed by atoms with E-state index >= 15 is 0 Å². The number of nitrogens with zero attached hydrogens (tertiary/aromatic N) is 2. The smallest absolute Gasteiger partial charge is 0.129 e. The van der Waals surface area contributed by atoms with Crippen LogP contribution in [0.25, 0.3) is 0 Å². The van der Waals surface area contributed by atoms with Gasteiger partial charge in [-0.1, -0.05) is 72.8 Å². The number of fused-ring (bicyclic) bond motifs is 3. The average Bonchev–Trinajstić information content (AvgIpc) is 2.92. The zero-order valence-corrected chi connectivity index (χ0v) is 19.2. The predicted molar refractivity (Wildman–Crippen MR) is 131 cm³/mol. The third kappa shape index (κ3) is 3.97. The van der Waals surface area contributed by atoms with Gasteiger partial charge in [0.15, 0.2) is 0 Å². The summed E-state index contributed by atoms with van der Waals surface area (Å²) in [7, 11) is 0. The Balaban J connectivity index is 1.07. The second-order valence-electron chi connectivity index (χ2n) is 9.82. The Bertz CT molecular complexity index is 1040. The minimum Gasteiger partial charge on any atom is -0.369 e. The Labute approximate surface area is 196 Å². The Morgan fingerprint density at radius 1 is 0.576 bits per heavy atom. The molecule has 4 fully saturated rings. The van der Waals surface area contributed by atoms with Gasteiger partial charge in [-0.05, 0) is 54.5 Å². The Morgan fingerprint density at radius 3 is 1.64 bits per heavy atom. The minimum absolute atomic E-state index is 0.273. The van der Waals surface area contributed by atoms with E-state index in [1.165, 1.54) is 22.4 Å². The molecule has 0 unspecified atom stereocenters. The van der Waals surface area contributed by atoms with Crippen molar-refractivity contribution in [2.45, 2.75) is 43.4 Å². The maximum atomic E-state index is 6.14. The molecule has 3 aromatic rings. The van der Waals surface area contributed by atoms with Gasteiger partial charge in [0, 0.05) is 38.4 Å². The summed E-state index contributed by atoms with van der Waals surface area (Å²) in [5, 5.41) is 0. The topological polar surface area (TPSA) is 24.9 Å². The summed E-state index contributed by atoms with van der Waals surface area (Å²) < 4.78 is 0. The number of hydrogen-bond acceptors (Lipinski definition) is 4. The Hall–Kier alpha value is -2.66. The minimum atomic E-state index is -0.295. The lowest BCUT2D eigenvalue weighted by molar-refractivity contribution is -0.479. The van der Waals surface area contributed by atoms with E-state index in [0.29, 0.717) is 0 Å². The zero-order valence-electron chi connectivity index (χ0n) is 19.2. The van der Waals surface area contributed by atoms with Gasteiger partial charge in [-0.2, -0.15) is 0 Å². The van der Waals surface area contributed by atoms with Gasteiger partial charge in [0.2, 0.25) is 0 Å². The van der Waals surface area contributed by atoms with E-state index in [9.17, 15) is 0 Å². The largest absolute Gasteiger partial charge is 0.369 e. The van der Waals surface area contributed by atoms with Gasteiger partial charge in [0.05, 0.1) is 0 Å². The highest BCUT2D eigenvalue weighted by molar-refractivity contribution is 5.46. The van der Waals surface area contributed by atoms with E-state index in [2.05, 4.69) is 94.7 Å². The van der Waals surface area contributed by atoms with Gasteiger partial charge in [0.1, 0.15) is 11.2 Å². The van der Waals surface area contributed by atoms with Gasteiger partial charge >= 0.3 is 0 Å². The van der Waals surface area contributed by atoms with Crippen LogP contribution in [-0.2, 0) is 27.5 Å². The molecule has 0 spiro atoms. The van der Waals surface area contributed by atoms with Crippen LogP contribution < -0.4 is 4.90 Å². The monoisotopic (exact) mass is 440 g/mol. The average molecular weight is 441 g/mol.